The van der Waals surface area contributed by atoms with E-state index in [0.717, 1.165) is 14.6 Å². The van der Waals surface area contributed by atoms with E-state index in [1.54, 1.807) is 6.07 Å². The summed E-state index contributed by atoms with van der Waals surface area (Å²) in [4.78, 5) is 14.6. The summed E-state index contributed by atoms with van der Waals surface area (Å²) in [6.07, 6.45) is 0. The molecule has 18 heavy (non-hydrogen) atoms. The lowest BCUT2D eigenvalue weighted by Gasteiger charge is -1.88. The molecular formula is C8H4N6O2S2. The van der Waals surface area contributed by atoms with Gasteiger partial charge in [-0.05, 0) is 28.3 Å². The summed E-state index contributed by atoms with van der Waals surface area (Å²) in [6, 6.07) is 4.58. The Morgan fingerprint density at radius 2 is 2.33 bits per heavy atom. The first-order chi connectivity index (χ1) is 8.72. The van der Waals surface area contributed by atoms with Gasteiger partial charge >= 0.3 is 0 Å². The Morgan fingerprint density at radius 1 is 1.44 bits per heavy atom. The molecule has 8 nitrogen and oxygen atoms in total. The van der Waals surface area contributed by atoms with E-state index >= 15 is 0 Å². The van der Waals surface area contributed by atoms with Crippen LogP contribution in [0.3, 0.4) is 0 Å². The molecule has 3 aromatic rings. The molecule has 0 spiro atoms. The molecule has 0 aliphatic heterocycles. The molecule has 10 heteroatoms. The van der Waals surface area contributed by atoms with Crippen LogP contribution >= 0.6 is 23.1 Å². The quantitative estimate of drug-likeness (QED) is 0.575. The number of rotatable bonds is 3. The molecule has 0 aliphatic carbocycles. The third-order valence-corrected chi connectivity index (χ3v) is 4.02. The third-order valence-electron chi connectivity index (χ3n) is 2.07. The normalized spacial score (nSPS) is 10.9. The van der Waals surface area contributed by atoms with Crippen molar-refractivity contribution >= 4 is 39.0 Å². The van der Waals surface area contributed by atoms with Gasteiger partial charge in [0.1, 0.15) is 0 Å². The molecule has 3 rings (SSSR count). The lowest BCUT2D eigenvalue weighted by Crippen LogP contribution is -1.85. The highest BCUT2D eigenvalue weighted by atomic mass is 32.2. The second-order valence-corrected chi connectivity index (χ2v) is 5.46. The minimum absolute atomic E-state index is 0.0593. The Balaban J connectivity index is 1.98. The molecule has 0 atom stereocenters. The maximum absolute atomic E-state index is 10.7. The van der Waals surface area contributed by atoms with E-state index in [1.807, 2.05) is 0 Å². The van der Waals surface area contributed by atoms with Crippen molar-refractivity contribution in [2.24, 2.45) is 0 Å². The Morgan fingerprint density at radius 3 is 3.06 bits per heavy atom. The molecule has 0 radical (unpaired) electrons. The molecule has 0 fully saturated rings. The van der Waals surface area contributed by atoms with Gasteiger partial charge in [-0.3, -0.25) is 10.1 Å². The van der Waals surface area contributed by atoms with E-state index in [-0.39, 0.29) is 5.69 Å². The van der Waals surface area contributed by atoms with Crippen molar-refractivity contribution in [3.63, 3.8) is 0 Å². The fraction of sp³-hybridized carbons (Fsp3) is 0. The van der Waals surface area contributed by atoms with Crippen LogP contribution in [0.5, 0.6) is 0 Å². The lowest BCUT2D eigenvalue weighted by molar-refractivity contribution is -0.384. The zero-order valence-electron chi connectivity index (χ0n) is 8.60. The minimum Gasteiger partial charge on any atom is -0.258 e. The molecule has 0 saturated heterocycles. The fourth-order valence-electron chi connectivity index (χ4n) is 1.33. The van der Waals surface area contributed by atoms with Gasteiger partial charge in [0.15, 0.2) is 4.34 Å². The second-order valence-electron chi connectivity index (χ2n) is 3.20. The zero-order chi connectivity index (χ0) is 12.5. The molecular weight excluding hydrogens is 276 g/mol. The highest BCUT2D eigenvalue weighted by Crippen LogP contribution is 2.33. The number of tetrazole rings is 1. The van der Waals surface area contributed by atoms with Crippen LogP contribution in [0.15, 0.2) is 27.7 Å². The lowest BCUT2D eigenvalue weighted by atomic mass is 10.3. The van der Waals surface area contributed by atoms with Gasteiger partial charge in [0.05, 0.1) is 15.1 Å². The number of non-ortho nitro benzene ring substituents is 1. The van der Waals surface area contributed by atoms with Gasteiger partial charge in [0.2, 0.25) is 5.16 Å². The number of H-pyrrole nitrogens is 1. The van der Waals surface area contributed by atoms with E-state index in [0.29, 0.717) is 5.16 Å². The Labute approximate surface area is 108 Å². The second kappa shape index (κ2) is 4.31. The highest BCUT2D eigenvalue weighted by Gasteiger charge is 2.11. The number of thiazole rings is 1. The molecule has 0 bridgehead atoms. The molecule has 2 heterocycles. The van der Waals surface area contributed by atoms with Crippen LogP contribution in [0.2, 0.25) is 0 Å². The number of fused-ring (bicyclic) bond motifs is 1. The molecule has 1 aromatic carbocycles. The first-order valence-corrected chi connectivity index (χ1v) is 6.32. The Bertz CT molecular complexity index is 710. The first-order valence-electron chi connectivity index (χ1n) is 4.69. The molecule has 0 saturated carbocycles. The summed E-state index contributed by atoms with van der Waals surface area (Å²) >= 11 is 2.64. The van der Waals surface area contributed by atoms with Crippen molar-refractivity contribution in [1.82, 2.24) is 25.6 Å². The standard InChI is InChI=1S/C8H4N6O2S2/c15-14(16)4-1-2-5-6(3-4)17-8(9-5)18-7-10-12-13-11-7/h1-3H,(H,10,11,12,13). The summed E-state index contributed by atoms with van der Waals surface area (Å²) < 4.78 is 1.49. The monoisotopic (exact) mass is 280 g/mol. The Kier molecular flexibility index (Phi) is 2.64. The Hall–Kier alpha value is -2.07. The number of nitrogens with zero attached hydrogens (tertiary/aromatic N) is 5. The molecule has 90 valence electrons. The topological polar surface area (TPSA) is 110 Å². The number of benzene rings is 1. The summed E-state index contributed by atoms with van der Waals surface area (Å²) in [5.74, 6) is 0. The molecule has 1 N–H and O–H groups in total. The number of nitro benzene ring substituents is 1. The van der Waals surface area contributed by atoms with E-state index < -0.39 is 4.92 Å². The molecule has 0 unspecified atom stereocenters. The summed E-state index contributed by atoms with van der Waals surface area (Å²) in [7, 11) is 0. The molecule has 0 aliphatic rings. The van der Waals surface area contributed by atoms with Crippen LogP contribution in [0.25, 0.3) is 10.2 Å². The average Bonchev–Trinajstić information content (AvgIpc) is 2.96. The number of aromatic nitrogens is 5. The molecule has 2 aromatic heterocycles. The van der Waals surface area contributed by atoms with Gasteiger partial charge in [-0.1, -0.05) is 0 Å². The predicted molar refractivity (Wildman–Crippen MR) is 64.6 cm³/mol. The third kappa shape index (κ3) is 2.02. The van der Waals surface area contributed by atoms with Gasteiger partial charge in [0.25, 0.3) is 5.69 Å². The number of nitro groups is 1. The molecule has 0 amide bonds. The zero-order valence-corrected chi connectivity index (χ0v) is 10.2. The van der Waals surface area contributed by atoms with Gasteiger partial charge < -0.3 is 0 Å². The van der Waals surface area contributed by atoms with Gasteiger partial charge in [-0.2, -0.15) is 0 Å². The highest BCUT2D eigenvalue weighted by molar-refractivity contribution is 8.01. The van der Waals surface area contributed by atoms with Crippen molar-refractivity contribution in [2.75, 3.05) is 0 Å². The van der Waals surface area contributed by atoms with Crippen LogP contribution in [0.1, 0.15) is 0 Å². The summed E-state index contributed by atoms with van der Waals surface area (Å²) in [6.45, 7) is 0. The predicted octanol–water partition coefficient (Wildman–Crippen LogP) is 1.87. The van der Waals surface area contributed by atoms with Gasteiger partial charge in [-0.25, -0.2) is 10.1 Å². The maximum Gasteiger partial charge on any atom is 0.270 e. The van der Waals surface area contributed by atoms with Crippen molar-refractivity contribution in [1.29, 1.82) is 0 Å². The largest absolute Gasteiger partial charge is 0.270 e. The minimum atomic E-state index is -0.424. The average molecular weight is 280 g/mol. The summed E-state index contributed by atoms with van der Waals surface area (Å²) in [5.41, 5.74) is 0.782. The smallest absolute Gasteiger partial charge is 0.258 e. The van der Waals surface area contributed by atoms with Crippen LogP contribution in [0, 0.1) is 10.1 Å². The van der Waals surface area contributed by atoms with Gasteiger partial charge in [-0.15, -0.1) is 16.4 Å². The SMILES string of the molecule is O=[N+]([O-])c1ccc2nc(Sc3nnn[nH]3)sc2c1. The maximum atomic E-state index is 10.7. The first kappa shape index (κ1) is 11.0. The van der Waals surface area contributed by atoms with E-state index in [2.05, 4.69) is 25.6 Å². The fourth-order valence-corrected chi connectivity index (χ4v) is 3.20. The number of hydrogen-bond acceptors (Lipinski definition) is 8. The van der Waals surface area contributed by atoms with Gasteiger partial charge in [0, 0.05) is 12.1 Å². The number of hydrogen-bond donors (Lipinski definition) is 1. The van der Waals surface area contributed by atoms with Crippen molar-refractivity contribution in [3.8, 4) is 0 Å². The summed E-state index contributed by atoms with van der Waals surface area (Å²) in [5, 5.41) is 24.4. The number of nitrogens with one attached hydrogen (secondary N) is 1. The van der Waals surface area contributed by atoms with Crippen LogP contribution in [-0.2, 0) is 0 Å². The van der Waals surface area contributed by atoms with Crippen LogP contribution in [-0.4, -0.2) is 30.5 Å². The van der Waals surface area contributed by atoms with Crippen molar-refractivity contribution in [2.45, 2.75) is 9.50 Å². The number of aromatic amines is 1. The van der Waals surface area contributed by atoms with E-state index in [1.165, 1.54) is 35.2 Å². The van der Waals surface area contributed by atoms with E-state index in [4.69, 9.17) is 0 Å². The van der Waals surface area contributed by atoms with Crippen LogP contribution in [0.4, 0.5) is 5.69 Å². The van der Waals surface area contributed by atoms with Crippen LogP contribution < -0.4 is 0 Å². The van der Waals surface area contributed by atoms with E-state index in [9.17, 15) is 10.1 Å². The van der Waals surface area contributed by atoms with Crippen molar-refractivity contribution < 1.29 is 4.92 Å². The van der Waals surface area contributed by atoms with Crippen molar-refractivity contribution in [3.05, 3.63) is 28.3 Å².